The summed E-state index contributed by atoms with van der Waals surface area (Å²) in [6.07, 6.45) is 4.34. The van der Waals surface area contributed by atoms with Crippen LogP contribution in [0.2, 0.25) is 0 Å². The minimum Gasteiger partial charge on any atom is -0.493 e. The van der Waals surface area contributed by atoms with Gasteiger partial charge in [-0.3, -0.25) is 0 Å². The topological polar surface area (TPSA) is 29.5 Å². The van der Waals surface area contributed by atoms with Crippen LogP contribution in [0.4, 0.5) is 0 Å². The molecule has 2 heteroatoms. The molecule has 17 heavy (non-hydrogen) atoms. The van der Waals surface area contributed by atoms with Crippen LogP contribution >= 0.6 is 0 Å². The van der Waals surface area contributed by atoms with Crippen LogP contribution in [-0.2, 0) is 6.42 Å². The first kappa shape index (κ1) is 12.4. The van der Waals surface area contributed by atoms with E-state index in [-0.39, 0.29) is 6.61 Å². The highest BCUT2D eigenvalue weighted by atomic mass is 16.5. The van der Waals surface area contributed by atoms with Crippen molar-refractivity contribution >= 4 is 0 Å². The van der Waals surface area contributed by atoms with E-state index in [0.717, 1.165) is 31.1 Å². The minimum absolute atomic E-state index is 0.245. The van der Waals surface area contributed by atoms with Crippen LogP contribution in [0.25, 0.3) is 0 Å². The fourth-order valence-electron chi connectivity index (χ4n) is 2.19. The van der Waals surface area contributed by atoms with E-state index in [4.69, 9.17) is 9.84 Å². The number of aliphatic hydroxyl groups is 1. The molecule has 1 N–H and O–H groups in total. The van der Waals surface area contributed by atoms with Crippen LogP contribution < -0.4 is 4.74 Å². The highest BCUT2D eigenvalue weighted by Crippen LogP contribution is 2.32. The second-order valence-corrected chi connectivity index (χ2v) is 5.15. The monoisotopic (exact) mass is 234 g/mol. The number of hydrogen-bond acceptors (Lipinski definition) is 2. The highest BCUT2D eigenvalue weighted by Gasteiger charge is 2.22. The third-order valence-electron chi connectivity index (χ3n) is 3.26. The molecule has 2 rings (SSSR count). The van der Waals surface area contributed by atoms with E-state index >= 15 is 0 Å². The third kappa shape index (κ3) is 3.47. The molecule has 0 aliphatic heterocycles. The predicted molar refractivity (Wildman–Crippen MR) is 69.5 cm³/mol. The summed E-state index contributed by atoms with van der Waals surface area (Å²) in [6.45, 7) is 5.32. The lowest BCUT2D eigenvalue weighted by molar-refractivity contribution is 0.281. The van der Waals surface area contributed by atoms with Gasteiger partial charge in [0.1, 0.15) is 5.75 Å². The van der Waals surface area contributed by atoms with E-state index in [2.05, 4.69) is 26.0 Å². The fourth-order valence-corrected chi connectivity index (χ4v) is 2.19. The number of aliphatic hydroxyl groups excluding tert-OH is 1. The summed E-state index contributed by atoms with van der Waals surface area (Å²) in [6, 6.07) is 4.36. The molecule has 1 aromatic rings. The maximum atomic E-state index is 8.94. The van der Waals surface area contributed by atoms with Crippen molar-refractivity contribution in [3.63, 3.8) is 0 Å². The Morgan fingerprint density at radius 2 is 2.06 bits per heavy atom. The zero-order valence-corrected chi connectivity index (χ0v) is 10.8. The van der Waals surface area contributed by atoms with Crippen LogP contribution in [0, 0.1) is 19.8 Å². The molecule has 1 saturated carbocycles. The highest BCUT2D eigenvalue weighted by molar-refractivity contribution is 5.44. The van der Waals surface area contributed by atoms with E-state index in [1.54, 1.807) is 0 Å². The van der Waals surface area contributed by atoms with E-state index < -0.39 is 0 Å². The molecule has 0 atom stereocenters. The normalized spacial score (nSPS) is 15.0. The number of hydrogen-bond donors (Lipinski definition) is 1. The average Bonchev–Trinajstić information content (AvgIpc) is 3.08. The van der Waals surface area contributed by atoms with E-state index in [1.165, 1.54) is 29.5 Å². The molecule has 1 fully saturated rings. The summed E-state index contributed by atoms with van der Waals surface area (Å²) in [5.41, 5.74) is 3.74. The Hall–Kier alpha value is -1.02. The molecule has 0 heterocycles. The molecule has 0 saturated heterocycles. The number of aryl methyl sites for hydroxylation is 3. The van der Waals surface area contributed by atoms with Crippen LogP contribution in [0.5, 0.6) is 5.75 Å². The van der Waals surface area contributed by atoms with Gasteiger partial charge in [-0.15, -0.1) is 0 Å². The molecule has 1 aliphatic carbocycles. The Morgan fingerprint density at radius 1 is 1.29 bits per heavy atom. The average molecular weight is 234 g/mol. The van der Waals surface area contributed by atoms with Crippen molar-refractivity contribution in [3.8, 4) is 5.75 Å². The first-order valence-corrected chi connectivity index (χ1v) is 6.54. The lowest BCUT2D eigenvalue weighted by atomic mass is 10.0. The molecular weight excluding hydrogens is 212 g/mol. The molecule has 2 nitrogen and oxygen atoms in total. The van der Waals surface area contributed by atoms with Gasteiger partial charge in [0.15, 0.2) is 0 Å². The number of rotatable bonds is 6. The largest absolute Gasteiger partial charge is 0.493 e. The van der Waals surface area contributed by atoms with Crippen molar-refractivity contribution in [2.45, 2.75) is 39.5 Å². The fraction of sp³-hybridized carbons (Fsp3) is 0.600. The lowest BCUT2D eigenvalue weighted by Gasteiger charge is -2.15. The first-order chi connectivity index (χ1) is 8.20. The van der Waals surface area contributed by atoms with Gasteiger partial charge in [0.05, 0.1) is 6.61 Å². The van der Waals surface area contributed by atoms with E-state index in [0.29, 0.717) is 0 Å². The Bertz CT molecular complexity index is 381. The second-order valence-electron chi connectivity index (χ2n) is 5.15. The smallest absolute Gasteiger partial charge is 0.125 e. The summed E-state index contributed by atoms with van der Waals surface area (Å²) < 4.78 is 5.96. The molecule has 1 aromatic carbocycles. The molecule has 94 valence electrons. The summed E-state index contributed by atoms with van der Waals surface area (Å²) in [4.78, 5) is 0. The van der Waals surface area contributed by atoms with Gasteiger partial charge in [-0.2, -0.15) is 0 Å². The zero-order valence-electron chi connectivity index (χ0n) is 10.8. The second kappa shape index (κ2) is 5.54. The van der Waals surface area contributed by atoms with Crippen molar-refractivity contribution < 1.29 is 9.84 Å². The van der Waals surface area contributed by atoms with E-state index in [9.17, 15) is 0 Å². The van der Waals surface area contributed by atoms with Crippen molar-refractivity contribution in [1.29, 1.82) is 0 Å². The van der Waals surface area contributed by atoms with Crippen LogP contribution in [0.3, 0.4) is 0 Å². The number of ether oxygens (including phenoxy) is 1. The van der Waals surface area contributed by atoms with Gasteiger partial charge in [-0.05, 0) is 56.6 Å². The predicted octanol–water partition coefficient (Wildman–Crippen LogP) is 3.02. The zero-order chi connectivity index (χ0) is 12.3. The molecule has 1 aliphatic rings. The summed E-state index contributed by atoms with van der Waals surface area (Å²) in [5, 5.41) is 8.94. The molecule has 0 unspecified atom stereocenters. The maximum Gasteiger partial charge on any atom is 0.125 e. The van der Waals surface area contributed by atoms with Gasteiger partial charge in [-0.1, -0.05) is 17.7 Å². The van der Waals surface area contributed by atoms with E-state index in [1.807, 2.05) is 0 Å². The van der Waals surface area contributed by atoms with Crippen LogP contribution in [0.1, 0.15) is 36.0 Å². The van der Waals surface area contributed by atoms with Crippen molar-refractivity contribution in [2.75, 3.05) is 13.2 Å². The number of benzene rings is 1. The van der Waals surface area contributed by atoms with Gasteiger partial charge >= 0.3 is 0 Å². The Kier molecular flexibility index (Phi) is 4.06. The SMILES string of the molecule is Cc1cc(C)c(OCC2CC2)c(CCCO)c1. The molecule has 0 bridgehead atoms. The lowest BCUT2D eigenvalue weighted by Crippen LogP contribution is -2.04. The quantitative estimate of drug-likeness (QED) is 0.820. The molecular formula is C15H22O2. The van der Waals surface area contributed by atoms with Gasteiger partial charge in [0.25, 0.3) is 0 Å². The maximum absolute atomic E-state index is 8.94. The summed E-state index contributed by atoms with van der Waals surface area (Å²) in [5.74, 6) is 1.83. The first-order valence-electron chi connectivity index (χ1n) is 6.54. The van der Waals surface area contributed by atoms with Gasteiger partial charge in [0, 0.05) is 6.61 Å². The van der Waals surface area contributed by atoms with Gasteiger partial charge < -0.3 is 9.84 Å². The molecule has 0 spiro atoms. The van der Waals surface area contributed by atoms with Crippen LogP contribution in [-0.4, -0.2) is 18.3 Å². The van der Waals surface area contributed by atoms with Crippen molar-refractivity contribution in [1.82, 2.24) is 0 Å². The third-order valence-corrected chi connectivity index (χ3v) is 3.26. The molecule has 0 aromatic heterocycles. The molecule has 0 amide bonds. The summed E-state index contributed by atoms with van der Waals surface area (Å²) in [7, 11) is 0. The Balaban J connectivity index is 2.12. The van der Waals surface area contributed by atoms with Gasteiger partial charge in [0.2, 0.25) is 0 Å². The standard InChI is InChI=1S/C15H22O2/c1-11-8-12(2)15(17-10-13-5-6-13)14(9-11)4-3-7-16/h8-9,13,16H,3-7,10H2,1-2H3. The van der Waals surface area contributed by atoms with Crippen molar-refractivity contribution in [3.05, 3.63) is 28.8 Å². The molecule has 0 radical (unpaired) electrons. The van der Waals surface area contributed by atoms with Crippen molar-refractivity contribution in [2.24, 2.45) is 5.92 Å². The Morgan fingerprint density at radius 3 is 2.71 bits per heavy atom. The van der Waals surface area contributed by atoms with Gasteiger partial charge in [-0.25, -0.2) is 0 Å². The Labute approximate surface area is 104 Å². The van der Waals surface area contributed by atoms with Crippen LogP contribution in [0.15, 0.2) is 12.1 Å². The summed E-state index contributed by atoms with van der Waals surface area (Å²) >= 11 is 0. The minimum atomic E-state index is 0.245.